The Kier molecular flexibility index (Phi) is 8.31. The van der Waals surface area contributed by atoms with Gasteiger partial charge in [0.2, 0.25) is 0 Å². The van der Waals surface area contributed by atoms with E-state index in [2.05, 4.69) is 59.4 Å². The van der Waals surface area contributed by atoms with E-state index in [0.29, 0.717) is 6.04 Å². The van der Waals surface area contributed by atoms with Gasteiger partial charge < -0.3 is 10.1 Å². The van der Waals surface area contributed by atoms with E-state index in [1.54, 1.807) is 0 Å². The molecule has 0 amide bonds. The fourth-order valence-corrected chi connectivity index (χ4v) is 1.93. The zero-order chi connectivity index (χ0) is 13.2. The maximum atomic E-state index is 5.65. The molecule has 0 aliphatic carbocycles. The normalized spacial score (nSPS) is 11.1. The zero-order valence-electron chi connectivity index (χ0n) is 11.4. The average Bonchev–Trinajstić information content (AvgIpc) is 2.34. The molecule has 0 saturated heterocycles. The lowest BCUT2D eigenvalue weighted by molar-refractivity contribution is 0.117. The number of unbranched alkanes of at least 4 members (excludes halogenated alkanes) is 2. The molecule has 0 atom stereocenters. The first-order chi connectivity index (χ1) is 8.68. The molecule has 2 nitrogen and oxygen atoms in total. The van der Waals surface area contributed by atoms with Gasteiger partial charge in [-0.15, -0.1) is 0 Å². The first-order valence-corrected chi connectivity index (χ1v) is 7.53. The lowest BCUT2D eigenvalue weighted by atomic mass is 10.2. The first kappa shape index (κ1) is 15.7. The standard InChI is InChI=1S/C15H24BrNO/c1-13(2)17-10-4-3-5-11-18-12-14-6-8-15(16)9-7-14/h6-9,13,17H,3-5,10-12H2,1-2H3. The summed E-state index contributed by atoms with van der Waals surface area (Å²) in [4.78, 5) is 0. The van der Waals surface area contributed by atoms with Crippen LogP contribution in [0.3, 0.4) is 0 Å². The molecule has 0 unspecified atom stereocenters. The van der Waals surface area contributed by atoms with Crippen LogP contribution in [0.5, 0.6) is 0 Å². The highest BCUT2D eigenvalue weighted by Crippen LogP contribution is 2.11. The van der Waals surface area contributed by atoms with Crippen LogP contribution in [0, 0.1) is 0 Å². The lowest BCUT2D eigenvalue weighted by Gasteiger charge is -2.08. The SMILES string of the molecule is CC(C)NCCCCCOCc1ccc(Br)cc1. The Bertz CT molecular complexity index is 311. The van der Waals surface area contributed by atoms with Crippen LogP contribution in [0.4, 0.5) is 0 Å². The number of benzene rings is 1. The van der Waals surface area contributed by atoms with Gasteiger partial charge in [-0.25, -0.2) is 0 Å². The molecule has 0 fully saturated rings. The molecule has 0 bridgehead atoms. The second kappa shape index (κ2) is 9.54. The molecule has 0 radical (unpaired) electrons. The molecule has 0 aliphatic heterocycles. The maximum Gasteiger partial charge on any atom is 0.0716 e. The van der Waals surface area contributed by atoms with Gasteiger partial charge in [0.15, 0.2) is 0 Å². The van der Waals surface area contributed by atoms with Gasteiger partial charge >= 0.3 is 0 Å². The average molecular weight is 314 g/mol. The Morgan fingerprint density at radius 2 is 1.83 bits per heavy atom. The third kappa shape index (κ3) is 7.85. The molecule has 0 aromatic heterocycles. The number of rotatable bonds is 9. The summed E-state index contributed by atoms with van der Waals surface area (Å²) in [6.45, 7) is 7.06. The van der Waals surface area contributed by atoms with E-state index in [0.717, 1.165) is 30.7 Å². The Balaban J connectivity index is 1.94. The van der Waals surface area contributed by atoms with Crippen molar-refractivity contribution in [1.29, 1.82) is 0 Å². The fourth-order valence-electron chi connectivity index (χ4n) is 1.67. The van der Waals surface area contributed by atoms with Crippen LogP contribution in [0.2, 0.25) is 0 Å². The summed E-state index contributed by atoms with van der Waals surface area (Å²) in [6, 6.07) is 8.89. The largest absolute Gasteiger partial charge is 0.377 e. The van der Waals surface area contributed by atoms with Crippen LogP contribution < -0.4 is 5.32 Å². The van der Waals surface area contributed by atoms with Gasteiger partial charge in [-0.2, -0.15) is 0 Å². The summed E-state index contributed by atoms with van der Waals surface area (Å²) in [7, 11) is 0. The van der Waals surface area contributed by atoms with Crippen molar-refractivity contribution in [2.45, 2.75) is 45.8 Å². The summed E-state index contributed by atoms with van der Waals surface area (Å²) < 4.78 is 6.77. The van der Waals surface area contributed by atoms with E-state index in [4.69, 9.17) is 4.74 Å². The summed E-state index contributed by atoms with van der Waals surface area (Å²) in [5.74, 6) is 0. The fraction of sp³-hybridized carbons (Fsp3) is 0.600. The van der Waals surface area contributed by atoms with Gasteiger partial charge in [0.05, 0.1) is 6.61 Å². The Hall–Kier alpha value is -0.380. The molecule has 1 N–H and O–H groups in total. The minimum Gasteiger partial charge on any atom is -0.377 e. The Morgan fingerprint density at radius 3 is 2.50 bits per heavy atom. The van der Waals surface area contributed by atoms with Crippen LogP contribution in [-0.4, -0.2) is 19.2 Å². The molecule has 0 saturated carbocycles. The van der Waals surface area contributed by atoms with E-state index >= 15 is 0 Å². The third-order valence-corrected chi connectivity index (χ3v) is 3.23. The van der Waals surface area contributed by atoms with Crippen LogP contribution in [0.1, 0.15) is 38.7 Å². The Labute approximate surface area is 119 Å². The predicted octanol–water partition coefficient (Wildman–Crippen LogP) is 4.13. The molecule has 1 rings (SSSR count). The second-order valence-electron chi connectivity index (χ2n) is 4.85. The van der Waals surface area contributed by atoms with Gasteiger partial charge in [0.1, 0.15) is 0 Å². The minimum atomic E-state index is 0.596. The van der Waals surface area contributed by atoms with E-state index in [1.165, 1.54) is 18.4 Å². The maximum absolute atomic E-state index is 5.65. The number of hydrogen-bond donors (Lipinski definition) is 1. The quantitative estimate of drug-likeness (QED) is 0.692. The van der Waals surface area contributed by atoms with E-state index < -0.39 is 0 Å². The van der Waals surface area contributed by atoms with Crippen LogP contribution in [0.25, 0.3) is 0 Å². The highest BCUT2D eigenvalue weighted by atomic mass is 79.9. The van der Waals surface area contributed by atoms with Crippen molar-refractivity contribution in [1.82, 2.24) is 5.32 Å². The van der Waals surface area contributed by atoms with Gasteiger partial charge in [-0.1, -0.05) is 41.9 Å². The summed E-state index contributed by atoms with van der Waals surface area (Å²) in [5.41, 5.74) is 1.24. The molecular formula is C15H24BrNO. The van der Waals surface area contributed by atoms with Crippen molar-refractivity contribution in [3.63, 3.8) is 0 Å². The van der Waals surface area contributed by atoms with E-state index in [-0.39, 0.29) is 0 Å². The Morgan fingerprint density at radius 1 is 1.11 bits per heavy atom. The summed E-state index contributed by atoms with van der Waals surface area (Å²) in [5, 5.41) is 3.42. The molecule has 1 aromatic rings. The summed E-state index contributed by atoms with van der Waals surface area (Å²) >= 11 is 3.43. The predicted molar refractivity (Wildman–Crippen MR) is 80.8 cm³/mol. The second-order valence-corrected chi connectivity index (χ2v) is 5.76. The van der Waals surface area contributed by atoms with E-state index in [1.807, 2.05) is 0 Å². The molecule has 0 heterocycles. The molecule has 102 valence electrons. The number of ether oxygens (including phenoxy) is 1. The molecule has 3 heteroatoms. The number of hydrogen-bond acceptors (Lipinski definition) is 2. The van der Waals surface area contributed by atoms with Crippen molar-refractivity contribution in [2.24, 2.45) is 0 Å². The van der Waals surface area contributed by atoms with Gasteiger partial charge in [0, 0.05) is 17.1 Å². The van der Waals surface area contributed by atoms with Crippen LogP contribution in [-0.2, 0) is 11.3 Å². The van der Waals surface area contributed by atoms with Gasteiger partial charge in [-0.3, -0.25) is 0 Å². The molecule has 0 aliphatic rings. The highest BCUT2D eigenvalue weighted by Gasteiger charge is 1.95. The number of nitrogens with one attached hydrogen (secondary N) is 1. The van der Waals surface area contributed by atoms with Crippen molar-refractivity contribution in [3.8, 4) is 0 Å². The van der Waals surface area contributed by atoms with Crippen molar-refractivity contribution in [2.75, 3.05) is 13.2 Å². The van der Waals surface area contributed by atoms with Gasteiger partial charge in [-0.05, 0) is 43.5 Å². The van der Waals surface area contributed by atoms with Gasteiger partial charge in [0.25, 0.3) is 0 Å². The zero-order valence-corrected chi connectivity index (χ0v) is 13.0. The van der Waals surface area contributed by atoms with E-state index in [9.17, 15) is 0 Å². The topological polar surface area (TPSA) is 21.3 Å². The van der Waals surface area contributed by atoms with Crippen LogP contribution in [0.15, 0.2) is 28.7 Å². The highest BCUT2D eigenvalue weighted by molar-refractivity contribution is 9.10. The van der Waals surface area contributed by atoms with Crippen molar-refractivity contribution in [3.05, 3.63) is 34.3 Å². The minimum absolute atomic E-state index is 0.596. The van der Waals surface area contributed by atoms with Crippen molar-refractivity contribution >= 4 is 15.9 Å². The van der Waals surface area contributed by atoms with Crippen LogP contribution >= 0.6 is 15.9 Å². The lowest BCUT2D eigenvalue weighted by Crippen LogP contribution is -2.23. The molecule has 0 spiro atoms. The third-order valence-electron chi connectivity index (χ3n) is 2.70. The number of halogens is 1. The molecule has 1 aromatic carbocycles. The molecular weight excluding hydrogens is 290 g/mol. The first-order valence-electron chi connectivity index (χ1n) is 6.74. The van der Waals surface area contributed by atoms with Crippen molar-refractivity contribution < 1.29 is 4.74 Å². The molecule has 18 heavy (non-hydrogen) atoms. The summed E-state index contributed by atoms with van der Waals surface area (Å²) in [6.07, 6.45) is 3.62. The monoisotopic (exact) mass is 313 g/mol. The smallest absolute Gasteiger partial charge is 0.0716 e.